The SMILES string of the molecule is CC1CC(C)CN(CCOc2ccc(C=C3C(=O)OC(C)(C)OC3=O)cc2)C1. The maximum Gasteiger partial charge on any atom is 0.348 e. The molecule has 1 aromatic rings. The number of hydrogen-bond acceptors (Lipinski definition) is 6. The highest BCUT2D eigenvalue weighted by Gasteiger charge is 2.38. The topological polar surface area (TPSA) is 65.1 Å². The quantitative estimate of drug-likeness (QED) is 0.439. The van der Waals surface area contributed by atoms with E-state index in [0.29, 0.717) is 12.2 Å². The number of benzene rings is 1. The fourth-order valence-corrected chi connectivity index (χ4v) is 3.87. The molecule has 3 rings (SSSR count). The third-order valence-corrected chi connectivity index (χ3v) is 4.93. The lowest BCUT2D eigenvalue weighted by molar-refractivity contribution is -0.222. The number of hydrogen-bond donors (Lipinski definition) is 0. The van der Waals surface area contributed by atoms with Gasteiger partial charge in [0.05, 0.1) is 0 Å². The number of nitrogens with zero attached hydrogens (tertiary/aromatic N) is 1. The van der Waals surface area contributed by atoms with Gasteiger partial charge in [-0.05, 0) is 42.0 Å². The first kappa shape index (κ1) is 20.4. The van der Waals surface area contributed by atoms with Crippen LogP contribution in [0.4, 0.5) is 0 Å². The maximum atomic E-state index is 12.0. The van der Waals surface area contributed by atoms with Gasteiger partial charge in [0.1, 0.15) is 17.9 Å². The molecule has 0 aromatic heterocycles. The number of cyclic esters (lactones) is 2. The lowest BCUT2D eigenvalue weighted by Gasteiger charge is -2.34. The minimum Gasteiger partial charge on any atom is -0.492 e. The van der Waals surface area contributed by atoms with Crippen molar-refractivity contribution in [2.45, 2.75) is 39.9 Å². The molecule has 0 bridgehead atoms. The number of rotatable bonds is 5. The van der Waals surface area contributed by atoms with Gasteiger partial charge >= 0.3 is 11.9 Å². The third-order valence-electron chi connectivity index (χ3n) is 4.93. The Morgan fingerprint density at radius 3 is 2.21 bits per heavy atom. The second-order valence-electron chi connectivity index (χ2n) is 8.36. The van der Waals surface area contributed by atoms with Crippen molar-refractivity contribution in [1.29, 1.82) is 0 Å². The van der Waals surface area contributed by atoms with Crippen LogP contribution in [0.2, 0.25) is 0 Å². The first-order chi connectivity index (χ1) is 13.2. The first-order valence-electron chi connectivity index (χ1n) is 9.85. The summed E-state index contributed by atoms with van der Waals surface area (Å²) < 4.78 is 16.0. The summed E-state index contributed by atoms with van der Waals surface area (Å²) in [6, 6.07) is 7.26. The lowest BCUT2D eigenvalue weighted by Crippen LogP contribution is -2.41. The monoisotopic (exact) mass is 387 g/mol. The highest BCUT2D eigenvalue weighted by atomic mass is 16.7. The van der Waals surface area contributed by atoms with Crippen molar-refractivity contribution in [2.75, 3.05) is 26.2 Å². The molecule has 0 saturated carbocycles. The maximum absolute atomic E-state index is 12.0. The zero-order valence-corrected chi connectivity index (χ0v) is 17.1. The van der Waals surface area contributed by atoms with Crippen molar-refractivity contribution in [1.82, 2.24) is 4.90 Å². The molecule has 0 spiro atoms. The number of piperidine rings is 1. The van der Waals surface area contributed by atoms with Gasteiger partial charge in [-0.3, -0.25) is 4.90 Å². The summed E-state index contributed by atoms with van der Waals surface area (Å²) in [7, 11) is 0. The molecule has 0 N–H and O–H groups in total. The molecule has 0 aliphatic carbocycles. The average molecular weight is 387 g/mol. The fourth-order valence-electron chi connectivity index (χ4n) is 3.87. The van der Waals surface area contributed by atoms with Crippen LogP contribution in [0.5, 0.6) is 5.75 Å². The fraction of sp³-hybridized carbons (Fsp3) is 0.545. The Kier molecular flexibility index (Phi) is 6.08. The predicted molar refractivity (Wildman–Crippen MR) is 106 cm³/mol. The van der Waals surface area contributed by atoms with Gasteiger partial charge in [0, 0.05) is 33.5 Å². The van der Waals surface area contributed by atoms with Crippen LogP contribution in [0.1, 0.15) is 39.7 Å². The number of carbonyl (C=O) groups excluding carboxylic acids is 2. The van der Waals surface area contributed by atoms with Crippen molar-refractivity contribution < 1.29 is 23.8 Å². The van der Waals surface area contributed by atoms with E-state index in [-0.39, 0.29) is 5.57 Å². The van der Waals surface area contributed by atoms with E-state index in [1.807, 2.05) is 12.1 Å². The molecule has 2 heterocycles. The van der Waals surface area contributed by atoms with Gasteiger partial charge in [-0.2, -0.15) is 0 Å². The normalized spacial score (nSPS) is 25.1. The van der Waals surface area contributed by atoms with Gasteiger partial charge in [0.15, 0.2) is 0 Å². The van der Waals surface area contributed by atoms with Crippen LogP contribution >= 0.6 is 0 Å². The Morgan fingerprint density at radius 1 is 1.07 bits per heavy atom. The Morgan fingerprint density at radius 2 is 1.64 bits per heavy atom. The van der Waals surface area contributed by atoms with Crippen LogP contribution in [0, 0.1) is 11.8 Å². The predicted octanol–water partition coefficient (Wildman–Crippen LogP) is 3.26. The van der Waals surface area contributed by atoms with E-state index in [1.54, 1.807) is 12.1 Å². The molecular weight excluding hydrogens is 358 g/mol. The Labute approximate surface area is 166 Å². The van der Waals surface area contributed by atoms with Crippen molar-refractivity contribution in [3.05, 3.63) is 35.4 Å². The molecule has 0 amide bonds. The van der Waals surface area contributed by atoms with E-state index in [9.17, 15) is 9.59 Å². The molecule has 2 unspecified atom stereocenters. The van der Waals surface area contributed by atoms with Crippen LogP contribution in [0.25, 0.3) is 6.08 Å². The van der Waals surface area contributed by atoms with Gasteiger partial charge in [-0.25, -0.2) is 9.59 Å². The molecular formula is C22H29NO5. The van der Waals surface area contributed by atoms with E-state index in [0.717, 1.165) is 37.2 Å². The average Bonchev–Trinajstić information content (AvgIpc) is 2.58. The molecule has 0 radical (unpaired) electrons. The zero-order chi connectivity index (χ0) is 20.3. The molecule has 2 fully saturated rings. The van der Waals surface area contributed by atoms with Gasteiger partial charge in [-0.15, -0.1) is 0 Å². The number of esters is 2. The number of ether oxygens (including phenoxy) is 3. The van der Waals surface area contributed by atoms with Crippen LogP contribution in [0.15, 0.2) is 29.8 Å². The van der Waals surface area contributed by atoms with Crippen molar-refractivity contribution in [3.63, 3.8) is 0 Å². The minimum atomic E-state index is -1.23. The standard InChI is InChI=1S/C22H29NO5/c1-15-11-16(2)14-23(13-15)9-10-26-18-7-5-17(6-8-18)12-19-20(24)27-22(3,4)28-21(19)25/h5-8,12,15-16H,9-11,13-14H2,1-4H3. The summed E-state index contributed by atoms with van der Waals surface area (Å²) in [5, 5.41) is 0. The molecule has 2 aliphatic rings. The van der Waals surface area contributed by atoms with Crippen LogP contribution in [0.3, 0.4) is 0 Å². The molecule has 28 heavy (non-hydrogen) atoms. The van der Waals surface area contributed by atoms with E-state index < -0.39 is 17.7 Å². The highest BCUT2D eigenvalue weighted by Crippen LogP contribution is 2.25. The highest BCUT2D eigenvalue weighted by molar-refractivity contribution is 6.18. The first-order valence-corrected chi connectivity index (χ1v) is 9.85. The summed E-state index contributed by atoms with van der Waals surface area (Å²) in [5.74, 6) is -0.347. The largest absolute Gasteiger partial charge is 0.492 e. The van der Waals surface area contributed by atoms with Crippen molar-refractivity contribution >= 4 is 18.0 Å². The van der Waals surface area contributed by atoms with Crippen LogP contribution in [-0.4, -0.2) is 48.9 Å². The van der Waals surface area contributed by atoms with E-state index >= 15 is 0 Å². The molecule has 1 aromatic carbocycles. The lowest BCUT2D eigenvalue weighted by atomic mass is 9.92. The summed E-state index contributed by atoms with van der Waals surface area (Å²) in [6.45, 7) is 11.5. The Balaban J connectivity index is 1.54. The van der Waals surface area contributed by atoms with E-state index in [1.165, 1.54) is 26.3 Å². The number of carbonyl (C=O) groups is 2. The molecule has 6 heteroatoms. The van der Waals surface area contributed by atoms with Gasteiger partial charge in [-0.1, -0.05) is 26.0 Å². The molecule has 6 nitrogen and oxygen atoms in total. The second kappa shape index (κ2) is 8.35. The van der Waals surface area contributed by atoms with Crippen LogP contribution < -0.4 is 4.74 Å². The molecule has 2 saturated heterocycles. The summed E-state index contributed by atoms with van der Waals surface area (Å²) >= 11 is 0. The Bertz CT molecular complexity index is 721. The van der Waals surface area contributed by atoms with Gasteiger partial charge < -0.3 is 14.2 Å². The zero-order valence-electron chi connectivity index (χ0n) is 17.1. The third kappa shape index (κ3) is 5.35. The Hall–Kier alpha value is -2.34. The summed E-state index contributed by atoms with van der Waals surface area (Å²) in [6.07, 6.45) is 2.77. The molecule has 2 aliphatic heterocycles. The van der Waals surface area contributed by atoms with Gasteiger partial charge in [0.2, 0.25) is 0 Å². The smallest absolute Gasteiger partial charge is 0.348 e. The van der Waals surface area contributed by atoms with Gasteiger partial charge in [0.25, 0.3) is 5.79 Å². The molecule has 152 valence electrons. The summed E-state index contributed by atoms with van der Waals surface area (Å²) in [4.78, 5) is 26.5. The minimum absolute atomic E-state index is 0.110. The van der Waals surface area contributed by atoms with Crippen molar-refractivity contribution in [3.8, 4) is 5.75 Å². The van der Waals surface area contributed by atoms with E-state index in [2.05, 4.69) is 18.7 Å². The van der Waals surface area contributed by atoms with Crippen molar-refractivity contribution in [2.24, 2.45) is 11.8 Å². The molecule has 2 atom stereocenters. The summed E-state index contributed by atoms with van der Waals surface area (Å²) in [5.41, 5.74) is 0.593. The van der Waals surface area contributed by atoms with Crippen LogP contribution in [-0.2, 0) is 19.1 Å². The van der Waals surface area contributed by atoms with E-state index in [4.69, 9.17) is 14.2 Å². The number of likely N-dealkylation sites (tertiary alicyclic amines) is 1. The second-order valence-corrected chi connectivity index (χ2v) is 8.36.